The number of benzene rings is 4. The van der Waals surface area contributed by atoms with Crippen molar-refractivity contribution in [2.75, 3.05) is 31.1 Å². The molecule has 9 heteroatoms. The molecule has 1 aliphatic heterocycles. The molecule has 0 spiro atoms. The Balaban J connectivity index is 1.22. The number of aromatic nitrogens is 3. The number of ether oxygens (including phenoxy) is 1. The Labute approximate surface area is 259 Å². The number of carbonyl (C=O) groups excluding carboxylic acids is 1. The predicted octanol–water partition coefficient (Wildman–Crippen LogP) is 7.60. The Kier molecular flexibility index (Phi) is 6.81. The third-order valence-electron chi connectivity index (χ3n) is 8.10. The normalized spacial score (nSPS) is 14.1. The minimum Gasteiger partial charge on any atom is -0.444 e. The molecule has 0 aliphatic carbocycles. The summed E-state index contributed by atoms with van der Waals surface area (Å²) in [5, 5.41) is 3.76. The number of H-pyrrole nitrogens is 2. The van der Waals surface area contributed by atoms with Crippen molar-refractivity contribution in [3.63, 3.8) is 0 Å². The van der Waals surface area contributed by atoms with Gasteiger partial charge in [-0.25, -0.2) is 9.78 Å². The minimum atomic E-state index is -0.504. The first-order valence-corrected chi connectivity index (χ1v) is 15.1. The van der Waals surface area contributed by atoms with E-state index in [1.165, 1.54) is 0 Å². The first-order chi connectivity index (χ1) is 21.2. The molecule has 0 saturated carbocycles. The summed E-state index contributed by atoms with van der Waals surface area (Å²) >= 11 is 6.50. The number of amides is 1. The molecule has 2 N–H and O–H groups in total. The predicted molar refractivity (Wildman–Crippen MR) is 178 cm³/mol. The van der Waals surface area contributed by atoms with Gasteiger partial charge in [-0.05, 0) is 73.7 Å². The first-order valence-electron chi connectivity index (χ1n) is 14.7. The lowest BCUT2D eigenvalue weighted by atomic mass is 9.96. The van der Waals surface area contributed by atoms with Gasteiger partial charge in [0.05, 0.1) is 21.4 Å². The highest BCUT2D eigenvalue weighted by Gasteiger charge is 2.26. The summed E-state index contributed by atoms with van der Waals surface area (Å²) in [6.07, 6.45) is 1.41. The number of hydrogen-bond acceptors (Lipinski definition) is 5. The van der Waals surface area contributed by atoms with Gasteiger partial charge in [0, 0.05) is 54.4 Å². The molecule has 0 atom stereocenters. The van der Waals surface area contributed by atoms with Crippen LogP contribution in [0, 0.1) is 0 Å². The van der Waals surface area contributed by atoms with Gasteiger partial charge in [-0.3, -0.25) is 4.79 Å². The minimum absolute atomic E-state index is 0.152. The second-order valence-corrected chi connectivity index (χ2v) is 12.6. The topological polar surface area (TPSA) is 94.3 Å². The maximum Gasteiger partial charge on any atom is 0.410 e. The van der Waals surface area contributed by atoms with E-state index in [-0.39, 0.29) is 11.7 Å². The molecule has 0 bridgehead atoms. The number of nitrogens with one attached hydrogen (secondary N) is 2. The summed E-state index contributed by atoms with van der Waals surface area (Å²) in [5.41, 5.74) is 4.90. The van der Waals surface area contributed by atoms with Crippen LogP contribution in [0.4, 0.5) is 10.5 Å². The zero-order valence-corrected chi connectivity index (χ0v) is 25.5. The van der Waals surface area contributed by atoms with E-state index >= 15 is 0 Å². The van der Waals surface area contributed by atoms with Crippen LogP contribution in [0.2, 0.25) is 5.02 Å². The van der Waals surface area contributed by atoms with E-state index in [1.54, 1.807) is 11.1 Å². The number of hydrogen-bond donors (Lipinski definition) is 2. The second kappa shape index (κ2) is 10.7. The van der Waals surface area contributed by atoms with Crippen molar-refractivity contribution in [2.24, 2.45) is 0 Å². The van der Waals surface area contributed by atoms with Crippen molar-refractivity contribution >= 4 is 56.0 Å². The van der Waals surface area contributed by atoms with Crippen LogP contribution in [-0.4, -0.2) is 57.7 Å². The molecule has 8 nitrogen and oxygen atoms in total. The Hall–Kier alpha value is -4.82. The van der Waals surface area contributed by atoms with Crippen LogP contribution in [0.25, 0.3) is 55.1 Å². The molecular weight excluding hydrogens is 574 g/mol. The van der Waals surface area contributed by atoms with E-state index in [9.17, 15) is 9.59 Å². The Morgan fingerprint density at radius 2 is 1.61 bits per heavy atom. The molecular formula is C35H32ClN5O3. The second-order valence-electron chi connectivity index (χ2n) is 12.1. The number of aromatic amines is 2. The molecule has 44 heavy (non-hydrogen) atoms. The third-order valence-corrected chi connectivity index (χ3v) is 8.43. The molecule has 7 rings (SSSR count). The molecule has 6 aromatic rings. The van der Waals surface area contributed by atoms with Gasteiger partial charge in [0.25, 0.3) is 5.56 Å². The van der Waals surface area contributed by atoms with E-state index in [0.29, 0.717) is 29.3 Å². The summed E-state index contributed by atoms with van der Waals surface area (Å²) in [6.45, 7) is 8.35. The lowest BCUT2D eigenvalue weighted by molar-refractivity contribution is 0.0240. The van der Waals surface area contributed by atoms with Gasteiger partial charge < -0.3 is 24.5 Å². The third kappa shape index (κ3) is 5.05. The molecule has 1 aliphatic rings. The zero-order valence-electron chi connectivity index (χ0n) is 24.8. The molecule has 0 unspecified atom stereocenters. The number of carbonyl (C=O) groups is 1. The maximum absolute atomic E-state index is 13.2. The zero-order chi connectivity index (χ0) is 30.6. The van der Waals surface area contributed by atoms with Gasteiger partial charge in [-0.1, -0.05) is 48.0 Å². The molecule has 1 saturated heterocycles. The van der Waals surface area contributed by atoms with E-state index in [0.717, 1.165) is 62.7 Å². The van der Waals surface area contributed by atoms with E-state index < -0.39 is 5.60 Å². The van der Waals surface area contributed by atoms with Crippen LogP contribution in [0.15, 0.2) is 83.8 Å². The van der Waals surface area contributed by atoms with E-state index in [1.807, 2.05) is 57.2 Å². The number of pyridine rings is 1. The van der Waals surface area contributed by atoms with E-state index in [2.05, 4.69) is 51.3 Å². The molecule has 2 aromatic heterocycles. The SMILES string of the molecule is CC(C)(C)OC(=O)N1CCN(c2ccc(-c3ccc4c(c3)c3c(=O)[nH]ccc3c3[nH]c(-c5ccccc5Cl)nc43)cc2)CC1. The van der Waals surface area contributed by atoms with Gasteiger partial charge in [0.15, 0.2) is 0 Å². The first kappa shape index (κ1) is 28.0. The average molecular weight is 606 g/mol. The summed E-state index contributed by atoms with van der Waals surface area (Å²) in [7, 11) is 0. The lowest BCUT2D eigenvalue weighted by Gasteiger charge is -2.36. The fourth-order valence-corrected chi connectivity index (χ4v) is 6.20. The number of piperazine rings is 1. The highest BCUT2D eigenvalue weighted by Crippen LogP contribution is 2.37. The van der Waals surface area contributed by atoms with Crippen molar-refractivity contribution in [1.82, 2.24) is 19.9 Å². The highest BCUT2D eigenvalue weighted by atomic mass is 35.5. The summed E-state index contributed by atoms with van der Waals surface area (Å²) in [6, 6.07) is 24.1. The number of halogens is 1. The van der Waals surface area contributed by atoms with Crippen LogP contribution in [0.5, 0.6) is 0 Å². The van der Waals surface area contributed by atoms with Crippen molar-refractivity contribution in [1.29, 1.82) is 0 Å². The van der Waals surface area contributed by atoms with Crippen LogP contribution >= 0.6 is 11.6 Å². The fraction of sp³-hybridized carbons (Fsp3) is 0.229. The Bertz CT molecular complexity index is 2100. The van der Waals surface area contributed by atoms with Gasteiger partial charge in [0.1, 0.15) is 11.4 Å². The Morgan fingerprint density at radius 3 is 2.34 bits per heavy atom. The number of anilines is 1. The average Bonchev–Trinajstić information content (AvgIpc) is 3.46. The number of imidazole rings is 1. The number of rotatable bonds is 3. The van der Waals surface area contributed by atoms with Gasteiger partial charge in [0.2, 0.25) is 0 Å². The van der Waals surface area contributed by atoms with Crippen LogP contribution in [0.1, 0.15) is 20.8 Å². The van der Waals surface area contributed by atoms with Crippen molar-refractivity contribution in [3.8, 4) is 22.5 Å². The summed E-state index contributed by atoms with van der Waals surface area (Å²) in [4.78, 5) is 41.0. The quantitative estimate of drug-likeness (QED) is 0.203. The molecule has 222 valence electrons. The number of fused-ring (bicyclic) bond motifs is 6. The maximum atomic E-state index is 13.2. The monoisotopic (exact) mass is 605 g/mol. The fourth-order valence-electron chi connectivity index (χ4n) is 5.97. The summed E-state index contributed by atoms with van der Waals surface area (Å²) < 4.78 is 5.53. The van der Waals surface area contributed by atoms with Crippen LogP contribution < -0.4 is 10.5 Å². The Morgan fingerprint density at radius 1 is 0.886 bits per heavy atom. The van der Waals surface area contributed by atoms with Gasteiger partial charge in [-0.15, -0.1) is 0 Å². The smallest absolute Gasteiger partial charge is 0.410 e. The van der Waals surface area contributed by atoms with Crippen LogP contribution in [0.3, 0.4) is 0 Å². The standard InChI is InChI=1S/C35H32ClN5O3/c1-35(2,3)44-34(43)41-18-16-40(17-19-41)23-11-8-21(9-12-23)22-10-13-24-27(20-22)29-26(14-15-37-33(29)42)31-30(24)38-32(39-31)25-6-4-5-7-28(25)36/h4-15,20H,16-19H2,1-3H3,(H,37,42)(H,38,39). The molecule has 1 fully saturated rings. The van der Waals surface area contributed by atoms with Crippen molar-refractivity contribution < 1.29 is 9.53 Å². The molecule has 0 radical (unpaired) electrons. The van der Waals surface area contributed by atoms with Gasteiger partial charge >= 0.3 is 6.09 Å². The highest BCUT2D eigenvalue weighted by molar-refractivity contribution is 6.33. The molecule has 4 aromatic carbocycles. The largest absolute Gasteiger partial charge is 0.444 e. The van der Waals surface area contributed by atoms with Gasteiger partial charge in [-0.2, -0.15) is 0 Å². The molecule has 3 heterocycles. The summed E-state index contributed by atoms with van der Waals surface area (Å²) in [5.74, 6) is 0.659. The van der Waals surface area contributed by atoms with Crippen molar-refractivity contribution in [2.45, 2.75) is 26.4 Å². The van der Waals surface area contributed by atoms with E-state index in [4.69, 9.17) is 21.3 Å². The number of nitrogens with zero attached hydrogens (tertiary/aromatic N) is 3. The molecule has 1 amide bonds. The lowest BCUT2D eigenvalue weighted by Crippen LogP contribution is -2.50. The van der Waals surface area contributed by atoms with Crippen LogP contribution in [-0.2, 0) is 4.74 Å². The van der Waals surface area contributed by atoms with Crippen molar-refractivity contribution in [3.05, 3.63) is 94.4 Å².